The predicted molar refractivity (Wildman–Crippen MR) is 86.3 cm³/mol. The van der Waals surface area contributed by atoms with E-state index in [9.17, 15) is 4.39 Å². The molecular weight excluding hydrogens is 361 g/mol. The van der Waals surface area contributed by atoms with Crippen LogP contribution in [-0.4, -0.2) is 48.1 Å². The summed E-state index contributed by atoms with van der Waals surface area (Å²) in [4.78, 5) is 12.7. The summed E-state index contributed by atoms with van der Waals surface area (Å²) in [6, 6.07) is 2.02. The Morgan fingerprint density at radius 3 is 2.71 bits per heavy atom. The first-order valence-electron chi connectivity index (χ1n) is 6.40. The Morgan fingerprint density at radius 2 is 2.10 bits per heavy atom. The van der Waals surface area contributed by atoms with Crippen molar-refractivity contribution in [2.24, 2.45) is 0 Å². The van der Waals surface area contributed by atoms with Gasteiger partial charge in [-0.3, -0.25) is 0 Å². The van der Waals surface area contributed by atoms with Crippen LogP contribution in [0.4, 0.5) is 16.2 Å². The number of likely N-dealkylation sites (N-methyl/N-ethyl adjacent to an activating group) is 1. The lowest BCUT2D eigenvalue weighted by Gasteiger charge is -2.42. The molecule has 1 aliphatic rings. The van der Waals surface area contributed by atoms with Crippen molar-refractivity contribution in [3.8, 4) is 0 Å². The highest BCUT2D eigenvalue weighted by Crippen LogP contribution is 2.34. The molecular formula is C13H14BrClFN5. The topological polar surface area (TPSA) is 58.3 Å². The maximum atomic E-state index is 14.3. The number of hydrogen-bond donors (Lipinski definition) is 1. The number of nitrogens with zero attached hydrogens (tertiary/aromatic N) is 4. The van der Waals surface area contributed by atoms with Crippen molar-refractivity contribution < 1.29 is 4.39 Å². The van der Waals surface area contributed by atoms with Crippen LogP contribution in [0.15, 0.2) is 10.5 Å². The minimum absolute atomic E-state index is 0.182. The Balaban J connectivity index is 2.04. The summed E-state index contributed by atoms with van der Waals surface area (Å²) in [5, 5.41) is 0.675. The third kappa shape index (κ3) is 2.43. The van der Waals surface area contributed by atoms with Crippen molar-refractivity contribution in [2.75, 3.05) is 37.8 Å². The second kappa shape index (κ2) is 5.23. The number of nitrogen functional groups attached to an aromatic ring is 1. The molecule has 2 aromatic rings. The van der Waals surface area contributed by atoms with Crippen LogP contribution in [0.1, 0.15) is 0 Å². The van der Waals surface area contributed by atoms with E-state index in [1.54, 1.807) is 6.07 Å². The molecule has 0 radical (unpaired) electrons. The molecule has 112 valence electrons. The van der Waals surface area contributed by atoms with Crippen molar-refractivity contribution in [1.29, 1.82) is 0 Å². The molecule has 0 aliphatic carbocycles. The Morgan fingerprint density at radius 1 is 1.43 bits per heavy atom. The first-order valence-corrected chi connectivity index (χ1v) is 7.57. The Bertz CT molecular complexity index is 718. The van der Waals surface area contributed by atoms with E-state index in [-0.39, 0.29) is 20.8 Å². The van der Waals surface area contributed by atoms with Gasteiger partial charge in [-0.25, -0.2) is 9.37 Å². The zero-order valence-corrected chi connectivity index (χ0v) is 13.9. The Labute approximate surface area is 135 Å². The third-order valence-corrected chi connectivity index (χ3v) is 5.02. The summed E-state index contributed by atoms with van der Waals surface area (Å²) < 4.78 is 14.5. The van der Waals surface area contributed by atoms with Gasteiger partial charge < -0.3 is 15.5 Å². The van der Waals surface area contributed by atoms with Crippen molar-refractivity contribution >= 4 is 50.2 Å². The van der Waals surface area contributed by atoms with E-state index in [2.05, 4.69) is 30.8 Å². The standard InChI is InChI=1S/C13H14BrClFN5/c1-20(2)6-4-21(5-6)13-18-11-7(12(17)19-13)3-8(15)9(14)10(11)16/h3,6H,4-5H2,1-2H3,(H2,17,18,19). The lowest BCUT2D eigenvalue weighted by atomic mass is 10.1. The van der Waals surface area contributed by atoms with Crippen LogP contribution in [0, 0.1) is 5.82 Å². The highest BCUT2D eigenvalue weighted by atomic mass is 79.9. The summed E-state index contributed by atoms with van der Waals surface area (Å²) in [5.74, 6) is 0.167. The van der Waals surface area contributed by atoms with Gasteiger partial charge >= 0.3 is 0 Å². The average molecular weight is 375 g/mol. The minimum Gasteiger partial charge on any atom is -0.383 e. The maximum absolute atomic E-state index is 14.3. The molecule has 1 saturated heterocycles. The molecule has 21 heavy (non-hydrogen) atoms. The number of benzene rings is 1. The lowest BCUT2D eigenvalue weighted by molar-refractivity contribution is 0.245. The molecule has 2 N–H and O–H groups in total. The molecule has 1 aliphatic heterocycles. The van der Waals surface area contributed by atoms with Crippen molar-refractivity contribution in [2.45, 2.75) is 6.04 Å². The molecule has 0 bridgehead atoms. The van der Waals surface area contributed by atoms with Gasteiger partial charge in [-0.15, -0.1) is 0 Å². The molecule has 0 atom stereocenters. The number of halogens is 3. The van der Waals surface area contributed by atoms with Crippen LogP contribution in [0.2, 0.25) is 5.02 Å². The van der Waals surface area contributed by atoms with Gasteiger partial charge in [0.15, 0.2) is 5.82 Å². The quantitative estimate of drug-likeness (QED) is 0.819. The number of hydrogen-bond acceptors (Lipinski definition) is 5. The van der Waals surface area contributed by atoms with E-state index in [4.69, 9.17) is 17.3 Å². The van der Waals surface area contributed by atoms with Crippen LogP contribution < -0.4 is 10.6 Å². The Hall–Kier alpha value is -1.18. The molecule has 5 nitrogen and oxygen atoms in total. The fourth-order valence-electron chi connectivity index (χ4n) is 2.27. The number of rotatable bonds is 2. The molecule has 2 heterocycles. The van der Waals surface area contributed by atoms with Gasteiger partial charge in [0, 0.05) is 24.5 Å². The van der Waals surface area contributed by atoms with Crippen molar-refractivity contribution in [3.63, 3.8) is 0 Å². The van der Waals surface area contributed by atoms with Gasteiger partial charge in [0.2, 0.25) is 5.95 Å². The highest BCUT2D eigenvalue weighted by Gasteiger charge is 2.31. The minimum atomic E-state index is -0.516. The van der Waals surface area contributed by atoms with Crippen molar-refractivity contribution in [3.05, 3.63) is 21.4 Å². The van der Waals surface area contributed by atoms with Gasteiger partial charge in [-0.05, 0) is 36.1 Å². The van der Waals surface area contributed by atoms with E-state index in [1.165, 1.54) is 0 Å². The predicted octanol–water partition coefficient (Wildman–Crippen LogP) is 2.52. The fourth-order valence-corrected chi connectivity index (χ4v) is 2.76. The number of anilines is 2. The highest BCUT2D eigenvalue weighted by molar-refractivity contribution is 9.10. The SMILES string of the molecule is CN(C)C1CN(c2nc(N)c3cc(Cl)c(Br)c(F)c3n2)C1. The number of nitrogens with two attached hydrogens (primary N) is 1. The van der Waals surface area contributed by atoms with Gasteiger partial charge in [0.05, 0.1) is 9.50 Å². The summed E-state index contributed by atoms with van der Waals surface area (Å²) in [6.07, 6.45) is 0. The van der Waals surface area contributed by atoms with E-state index >= 15 is 0 Å². The smallest absolute Gasteiger partial charge is 0.228 e. The summed E-state index contributed by atoms with van der Waals surface area (Å²) in [6.45, 7) is 1.60. The largest absolute Gasteiger partial charge is 0.383 e. The van der Waals surface area contributed by atoms with Crippen LogP contribution in [0.25, 0.3) is 10.9 Å². The van der Waals surface area contributed by atoms with Crippen LogP contribution in [-0.2, 0) is 0 Å². The van der Waals surface area contributed by atoms with Crippen LogP contribution >= 0.6 is 27.5 Å². The van der Waals surface area contributed by atoms with E-state index in [1.807, 2.05) is 19.0 Å². The number of aromatic nitrogens is 2. The van der Waals surface area contributed by atoms with E-state index < -0.39 is 5.82 Å². The lowest BCUT2D eigenvalue weighted by Crippen LogP contribution is -2.58. The molecule has 8 heteroatoms. The van der Waals surface area contributed by atoms with Crippen LogP contribution in [0.5, 0.6) is 0 Å². The van der Waals surface area contributed by atoms with Gasteiger partial charge in [-0.1, -0.05) is 11.6 Å². The zero-order valence-electron chi connectivity index (χ0n) is 11.6. The summed E-state index contributed by atoms with van der Waals surface area (Å²) in [5.41, 5.74) is 6.11. The first-order chi connectivity index (χ1) is 9.88. The molecule has 0 unspecified atom stereocenters. The fraction of sp³-hybridized carbons (Fsp3) is 0.385. The third-order valence-electron chi connectivity index (χ3n) is 3.72. The summed E-state index contributed by atoms with van der Waals surface area (Å²) in [7, 11) is 4.05. The molecule has 1 aromatic carbocycles. The monoisotopic (exact) mass is 373 g/mol. The normalized spacial score (nSPS) is 15.8. The van der Waals surface area contributed by atoms with Gasteiger partial charge in [0.25, 0.3) is 0 Å². The summed E-state index contributed by atoms with van der Waals surface area (Å²) >= 11 is 9.06. The Kier molecular flexibility index (Phi) is 3.67. The molecule has 3 rings (SSSR count). The molecule has 0 saturated carbocycles. The molecule has 1 fully saturated rings. The molecule has 0 spiro atoms. The molecule has 1 aromatic heterocycles. The van der Waals surface area contributed by atoms with E-state index in [0.717, 1.165) is 13.1 Å². The van der Waals surface area contributed by atoms with Gasteiger partial charge in [0.1, 0.15) is 11.3 Å². The van der Waals surface area contributed by atoms with Crippen molar-refractivity contribution in [1.82, 2.24) is 14.9 Å². The molecule has 0 amide bonds. The van der Waals surface area contributed by atoms with E-state index in [0.29, 0.717) is 17.4 Å². The van der Waals surface area contributed by atoms with Crippen LogP contribution in [0.3, 0.4) is 0 Å². The second-order valence-electron chi connectivity index (χ2n) is 5.31. The zero-order chi connectivity index (χ0) is 15.3. The first kappa shape index (κ1) is 14.7. The van der Waals surface area contributed by atoms with Gasteiger partial charge in [-0.2, -0.15) is 4.98 Å². The average Bonchev–Trinajstić information content (AvgIpc) is 2.35. The number of fused-ring (bicyclic) bond motifs is 1. The second-order valence-corrected chi connectivity index (χ2v) is 6.51. The maximum Gasteiger partial charge on any atom is 0.228 e.